The third-order valence-corrected chi connectivity index (χ3v) is 5.85. The number of ether oxygens (including phenoxy) is 1. The summed E-state index contributed by atoms with van der Waals surface area (Å²) in [5.41, 5.74) is 14.6. The molecule has 0 bridgehead atoms. The van der Waals surface area contributed by atoms with E-state index in [1.807, 2.05) is 25.3 Å². The minimum Gasteiger partial charge on any atom is -0.379 e. The molecule has 6 N–H and O–H groups in total. The van der Waals surface area contributed by atoms with E-state index in [0.29, 0.717) is 38.5 Å². The summed E-state index contributed by atoms with van der Waals surface area (Å²) in [6.07, 6.45) is -0.0683. The first-order valence-electron chi connectivity index (χ1n) is 11.3. The van der Waals surface area contributed by atoms with Gasteiger partial charge in [0.2, 0.25) is 0 Å². The molecule has 4 rings (SSSR count). The molecule has 3 heterocycles. The number of fused-ring (bicyclic) bond motifs is 1. The van der Waals surface area contributed by atoms with Gasteiger partial charge in [0, 0.05) is 44.3 Å². The van der Waals surface area contributed by atoms with Gasteiger partial charge in [-0.15, -0.1) is 5.10 Å². The lowest BCUT2D eigenvalue weighted by Gasteiger charge is -2.38. The molecular formula is C22H34F2N8O. The molecule has 3 atom stereocenters. The fourth-order valence-corrected chi connectivity index (χ4v) is 4.44. The van der Waals surface area contributed by atoms with Crippen LogP contribution in [0, 0.1) is 11.6 Å². The number of aromatic nitrogens is 2. The summed E-state index contributed by atoms with van der Waals surface area (Å²) in [7, 11) is 1.59. The first-order chi connectivity index (χ1) is 15.8. The summed E-state index contributed by atoms with van der Waals surface area (Å²) in [4.78, 5) is 6.93. The Morgan fingerprint density at radius 2 is 2.03 bits per heavy atom. The van der Waals surface area contributed by atoms with Crippen LogP contribution in [0.25, 0.3) is 0 Å². The Balaban J connectivity index is 0.00000149. The van der Waals surface area contributed by atoms with E-state index in [2.05, 4.69) is 15.0 Å². The second-order valence-electron chi connectivity index (χ2n) is 8.01. The van der Waals surface area contributed by atoms with Gasteiger partial charge in [-0.25, -0.2) is 24.7 Å². The van der Waals surface area contributed by atoms with Gasteiger partial charge in [-0.05, 0) is 31.5 Å². The molecule has 2 aliphatic heterocycles. The normalized spacial score (nSPS) is 23.2. The molecule has 11 heteroatoms. The molecule has 2 aliphatic rings. The van der Waals surface area contributed by atoms with Crippen LogP contribution in [0.3, 0.4) is 0 Å². The highest BCUT2D eigenvalue weighted by atomic mass is 19.1. The molecular weight excluding hydrogens is 430 g/mol. The van der Waals surface area contributed by atoms with Gasteiger partial charge in [-0.3, -0.25) is 4.90 Å². The highest BCUT2D eigenvalue weighted by molar-refractivity contribution is 5.94. The SMILES string of the molecule is CC.CCn1c(/C(N)=N/N(C)N)nc2c1CN(C1CO[C@H](c3cc(F)ccc3F)C(N)C1)C2. The monoisotopic (exact) mass is 464 g/mol. The van der Waals surface area contributed by atoms with E-state index in [-0.39, 0.29) is 17.4 Å². The van der Waals surface area contributed by atoms with Crippen LogP contribution in [0.2, 0.25) is 0 Å². The number of imidazole rings is 1. The number of halogens is 2. The van der Waals surface area contributed by atoms with Crippen LogP contribution in [0.15, 0.2) is 23.3 Å². The zero-order chi connectivity index (χ0) is 24.3. The van der Waals surface area contributed by atoms with Crippen molar-refractivity contribution >= 4 is 5.84 Å². The predicted octanol–water partition coefficient (Wildman–Crippen LogP) is 1.81. The van der Waals surface area contributed by atoms with Crippen molar-refractivity contribution in [3.05, 3.63) is 52.6 Å². The lowest BCUT2D eigenvalue weighted by atomic mass is 9.93. The number of nitrogens with two attached hydrogens (primary N) is 3. The molecule has 0 spiro atoms. The van der Waals surface area contributed by atoms with Crippen LogP contribution in [-0.2, 0) is 24.4 Å². The van der Waals surface area contributed by atoms with Crippen LogP contribution in [0.1, 0.15) is 56.1 Å². The van der Waals surface area contributed by atoms with Gasteiger partial charge in [0.05, 0.1) is 18.0 Å². The van der Waals surface area contributed by atoms with Gasteiger partial charge in [0.15, 0.2) is 11.7 Å². The van der Waals surface area contributed by atoms with E-state index in [1.54, 1.807) is 7.05 Å². The lowest BCUT2D eigenvalue weighted by molar-refractivity contribution is -0.0535. The average molecular weight is 465 g/mol. The van der Waals surface area contributed by atoms with Crippen LogP contribution < -0.4 is 17.3 Å². The smallest absolute Gasteiger partial charge is 0.188 e. The van der Waals surface area contributed by atoms with Crippen LogP contribution in [-0.4, -0.2) is 51.1 Å². The van der Waals surface area contributed by atoms with Crippen molar-refractivity contribution in [2.24, 2.45) is 22.4 Å². The Kier molecular flexibility index (Phi) is 8.01. The van der Waals surface area contributed by atoms with Crippen molar-refractivity contribution in [2.45, 2.75) is 65.0 Å². The largest absolute Gasteiger partial charge is 0.379 e. The molecule has 2 aromatic rings. The second-order valence-corrected chi connectivity index (χ2v) is 8.01. The number of hydrogen-bond acceptors (Lipinski definition) is 7. The number of nitrogens with zero attached hydrogens (tertiary/aromatic N) is 5. The van der Waals surface area contributed by atoms with Crippen molar-refractivity contribution in [1.82, 2.24) is 19.6 Å². The number of hydrazine groups is 1. The Morgan fingerprint density at radius 3 is 2.67 bits per heavy atom. The fourth-order valence-electron chi connectivity index (χ4n) is 4.44. The maximum Gasteiger partial charge on any atom is 0.188 e. The van der Waals surface area contributed by atoms with Crippen molar-refractivity contribution < 1.29 is 13.5 Å². The Morgan fingerprint density at radius 1 is 1.30 bits per heavy atom. The summed E-state index contributed by atoms with van der Waals surface area (Å²) in [5.74, 6) is 5.41. The van der Waals surface area contributed by atoms with Crippen molar-refractivity contribution in [3.8, 4) is 0 Å². The summed E-state index contributed by atoms with van der Waals surface area (Å²) in [5, 5.41) is 5.21. The zero-order valence-corrected chi connectivity index (χ0v) is 19.6. The third-order valence-electron chi connectivity index (χ3n) is 5.85. The molecule has 0 radical (unpaired) electrons. The van der Waals surface area contributed by atoms with Gasteiger partial charge in [0.25, 0.3) is 0 Å². The highest BCUT2D eigenvalue weighted by Gasteiger charge is 2.38. The van der Waals surface area contributed by atoms with Gasteiger partial charge < -0.3 is 20.8 Å². The molecule has 2 unspecified atom stereocenters. The molecule has 33 heavy (non-hydrogen) atoms. The highest BCUT2D eigenvalue weighted by Crippen LogP contribution is 2.34. The lowest BCUT2D eigenvalue weighted by Crippen LogP contribution is -2.48. The fraction of sp³-hybridized carbons (Fsp3) is 0.545. The van der Waals surface area contributed by atoms with Gasteiger partial charge in [-0.1, -0.05) is 13.8 Å². The van der Waals surface area contributed by atoms with Crippen molar-refractivity contribution in [1.29, 1.82) is 0 Å². The van der Waals surface area contributed by atoms with E-state index in [0.717, 1.165) is 34.7 Å². The molecule has 0 aliphatic carbocycles. The summed E-state index contributed by atoms with van der Waals surface area (Å²) >= 11 is 0. The van der Waals surface area contributed by atoms with Gasteiger partial charge >= 0.3 is 0 Å². The first-order valence-corrected chi connectivity index (χ1v) is 11.3. The van der Waals surface area contributed by atoms with Crippen molar-refractivity contribution in [2.75, 3.05) is 13.7 Å². The average Bonchev–Trinajstić information content (AvgIpc) is 3.34. The predicted molar refractivity (Wildman–Crippen MR) is 123 cm³/mol. The molecule has 9 nitrogen and oxygen atoms in total. The molecule has 182 valence electrons. The number of benzene rings is 1. The van der Waals surface area contributed by atoms with E-state index in [1.165, 1.54) is 0 Å². The van der Waals surface area contributed by atoms with Crippen LogP contribution >= 0.6 is 0 Å². The quantitative estimate of drug-likeness (QED) is 0.267. The van der Waals surface area contributed by atoms with E-state index in [4.69, 9.17) is 22.0 Å². The number of rotatable bonds is 5. The zero-order valence-electron chi connectivity index (χ0n) is 19.6. The maximum atomic E-state index is 14.2. The van der Waals surface area contributed by atoms with Crippen LogP contribution in [0.5, 0.6) is 0 Å². The molecule has 0 amide bonds. The maximum absolute atomic E-state index is 14.2. The molecule has 1 fully saturated rings. The third kappa shape index (κ3) is 5.16. The summed E-state index contributed by atoms with van der Waals surface area (Å²) < 4.78 is 35.7. The second kappa shape index (κ2) is 10.6. The Hall–Kier alpha value is -2.60. The minimum absolute atomic E-state index is 0.0482. The standard InChI is InChI=1S/C20H28F2N8O.C2H6/c1-3-30-17-9-29(8-16(17)26-20(30)19(24)27-28(2)25)12-7-15(23)18(31-10-12)13-6-11(21)4-5-14(13)22;1-2/h4-6,12,15,18H,3,7-10,23,25H2,1-2H3,(H2,24,27);1-2H3/t12?,15?,18-;/m1./s1. The summed E-state index contributed by atoms with van der Waals surface area (Å²) in [6, 6.07) is 2.95. The topological polar surface area (TPSA) is 124 Å². The Bertz CT molecular complexity index is 993. The first kappa shape index (κ1) is 25.0. The van der Waals surface area contributed by atoms with E-state index in [9.17, 15) is 8.78 Å². The molecule has 1 aromatic heterocycles. The molecule has 1 saturated heterocycles. The van der Waals surface area contributed by atoms with E-state index >= 15 is 0 Å². The molecule has 1 aromatic carbocycles. The van der Waals surface area contributed by atoms with E-state index < -0.39 is 23.8 Å². The van der Waals surface area contributed by atoms with Crippen molar-refractivity contribution in [3.63, 3.8) is 0 Å². The van der Waals surface area contributed by atoms with Crippen LogP contribution in [0.4, 0.5) is 8.78 Å². The number of hydrazone groups is 1. The Labute approximate surface area is 193 Å². The van der Waals surface area contributed by atoms with Gasteiger partial charge in [0.1, 0.15) is 17.7 Å². The number of hydrogen-bond donors (Lipinski definition) is 3. The molecule has 0 saturated carbocycles. The minimum atomic E-state index is -0.671. The summed E-state index contributed by atoms with van der Waals surface area (Å²) in [6.45, 7) is 8.38. The van der Waals surface area contributed by atoms with Gasteiger partial charge in [-0.2, -0.15) is 0 Å². The number of amidine groups is 1.